The highest BCUT2D eigenvalue weighted by Gasteiger charge is 2.43. The molecule has 6 nitrogen and oxygen atoms in total. The molecule has 4 rings (SSSR count). The first kappa shape index (κ1) is 20.2. The van der Waals surface area contributed by atoms with Gasteiger partial charge in [0.05, 0.1) is 30.6 Å². The molecular weight excluding hydrogens is 380 g/mol. The molecule has 30 heavy (non-hydrogen) atoms. The van der Waals surface area contributed by atoms with E-state index in [0.29, 0.717) is 41.4 Å². The van der Waals surface area contributed by atoms with Gasteiger partial charge in [0, 0.05) is 13.1 Å². The Labute approximate surface area is 176 Å². The molecule has 2 unspecified atom stereocenters. The first-order valence-electron chi connectivity index (χ1n) is 10.1. The molecule has 0 saturated carbocycles. The minimum absolute atomic E-state index is 0.0327. The topological polar surface area (TPSA) is 59.1 Å². The van der Waals surface area contributed by atoms with Gasteiger partial charge in [-0.15, -0.1) is 0 Å². The van der Waals surface area contributed by atoms with Crippen LogP contribution in [0.25, 0.3) is 5.57 Å². The van der Waals surface area contributed by atoms with Gasteiger partial charge in [-0.2, -0.15) is 0 Å². The number of aryl methyl sites for hydroxylation is 1. The summed E-state index contributed by atoms with van der Waals surface area (Å²) in [4.78, 5) is 30.4. The highest BCUT2D eigenvalue weighted by molar-refractivity contribution is 6.45. The fourth-order valence-electron chi connectivity index (χ4n) is 4.12. The summed E-state index contributed by atoms with van der Waals surface area (Å²) in [6, 6.07) is 14.7. The van der Waals surface area contributed by atoms with Crippen molar-refractivity contribution in [2.24, 2.45) is 0 Å². The molecule has 0 radical (unpaired) electrons. The van der Waals surface area contributed by atoms with Crippen molar-refractivity contribution < 1.29 is 19.1 Å². The minimum atomic E-state index is -0.309. The third kappa shape index (κ3) is 3.59. The fraction of sp³-hybridized carbons (Fsp3) is 0.333. The number of nitrogens with zero attached hydrogens (tertiary/aromatic N) is 2. The van der Waals surface area contributed by atoms with E-state index in [-0.39, 0.29) is 24.0 Å². The Bertz CT molecular complexity index is 985. The molecule has 0 N–H and O–H groups in total. The monoisotopic (exact) mass is 406 g/mol. The van der Waals surface area contributed by atoms with E-state index in [4.69, 9.17) is 9.47 Å². The number of morpholine rings is 1. The quantitative estimate of drug-likeness (QED) is 0.729. The predicted molar refractivity (Wildman–Crippen MR) is 115 cm³/mol. The molecule has 0 bridgehead atoms. The average molecular weight is 406 g/mol. The number of carbonyl (C=O) groups excluding carboxylic acids is 2. The molecular formula is C24H26N2O4. The number of anilines is 1. The van der Waals surface area contributed by atoms with Crippen LogP contribution in [0.1, 0.15) is 25.0 Å². The van der Waals surface area contributed by atoms with Crippen molar-refractivity contribution in [1.29, 1.82) is 0 Å². The van der Waals surface area contributed by atoms with Crippen molar-refractivity contribution in [1.82, 2.24) is 4.90 Å². The maximum absolute atomic E-state index is 13.6. The van der Waals surface area contributed by atoms with Crippen molar-refractivity contribution >= 4 is 23.1 Å². The first-order valence-corrected chi connectivity index (χ1v) is 10.1. The molecule has 6 heteroatoms. The second-order valence-corrected chi connectivity index (χ2v) is 7.90. The number of hydrogen-bond donors (Lipinski definition) is 0. The van der Waals surface area contributed by atoms with Gasteiger partial charge in [-0.05, 0) is 50.6 Å². The smallest absolute Gasteiger partial charge is 0.282 e. The Morgan fingerprint density at radius 3 is 2.07 bits per heavy atom. The standard InChI is InChI=1S/C24H26N2O4/c1-15-5-9-19(10-6-15)26-23(27)21(18-7-11-20(29-4)12-8-18)22(24(26)28)25-13-16(2)30-17(3)14-25/h5-12,16-17H,13-14H2,1-4H3. The molecule has 2 aromatic rings. The van der Waals surface area contributed by atoms with E-state index in [1.807, 2.05) is 62.1 Å². The van der Waals surface area contributed by atoms with Crippen LogP contribution in [0.2, 0.25) is 0 Å². The van der Waals surface area contributed by atoms with Crippen LogP contribution in [0.3, 0.4) is 0 Å². The summed E-state index contributed by atoms with van der Waals surface area (Å²) in [6.45, 7) is 7.05. The van der Waals surface area contributed by atoms with Crippen molar-refractivity contribution in [2.45, 2.75) is 33.0 Å². The molecule has 2 aliphatic heterocycles. The van der Waals surface area contributed by atoms with Gasteiger partial charge in [0.15, 0.2) is 0 Å². The lowest BCUT2D eigenvalue weighted by molar-refractivity contribution is -0.121. The van der Waals surface area contributed by atoms with Crippen LogP contribution in [-0.4, -0.2) is 49.1 Å². The lowest BCUT2D eigenvalue weighted by Gasteiger charge is -2.37. The van der Waals surface area contributed by atoms with Crippen LogP contribution in [0.5, 0.6) is 5.75 Å². The third-order valence-electron chi connectivity index (χ3n) is 5.47. The molecule has 0 aliphatic carbocycles. The molecule has 2 amide bonds. The van der Waals surface area contributed by atoms with Crippen molar-refractivity contribution in [3.63, 3.8) is 0 Å². The maximum atomic E-state index is 13.6. The summed E-state index contributed by atoms with van der Waals surface area (Å²) in [7, 11) is 1.60. The van der Waals surface area contributed by atoms with Gasteiger partial charge in [0.2, 0.25) is 0 Å². The lowest BCUT2D eigenvalue weighted by atomic mass is 10.0. The van der Waals surface area contributed by atoms with E-state index in [1.165, 1.54) is 4.90 Å². The zero-order valence-corrected chi connectivity index (χ0v) is 17.7. The molecule has 1 saturated heterocycles. The fourth-order valence-corrected chi connectivity index (χ4v) is 4.12. The highest BCUT2D eigenvalue weighted by Crippen LogP contribution is 2.36. The lowest BCUT2D eigenvalue weighted by Crippen LogP contribution is -2.47. The zero-order valence-electron chi connectivity index (χ0n) is 17.7. The highest BCUT2D eigenvalue weighted by atomic mass is 16.5. The summed E-state index contributed by atoms with van der Waals surface area (Å²) in [5, 5.41) is 0. The molecule has 156 valence electrons. The number of imide groups is 1. The SMILES string of the molecule is COc1ccc(C2=C(N3CC(C)OC(C)C3)C(=O)N(c3ccc(C)cc3)C2=O)cc1. The van der Waals surface area contributed by atoms with E-state index >= 15 is 0 Å². The summed E-state index contributed by atoms with van der Waals surface area (Å²) >= 11 is 0. The summed E-state index contributed by atoms with van der Waals surface area (Å²) in [5.74, 6) is 0.0912. The molecule has 0 aromatic heterocycles. The van der Waals surface area contributed by atoms with E-state index in [9.17, 15) is 9.59 Å². The normalized spacial score (nSPS) is 22.1. The summed E-state index contributed by atoms with van der Waals surface area (Å²) in [5.41, 5.74) is 3.20. The van der Waals surface area contributed by atoms with Gasteiger partial charge in [-0.3, -0.25) is 9.59 Å². The van der Waals surface area contributed by atoms with Crippen molar-refractivity contribution in [3.8, 4) is 5.75 Å². The number of methoxy groups -OCH3 is 1. The van der Waals surface area contributed by atoms with Gasteiger partial charge in [-0.1, -0.05) is 29.8 Å². The molecule has 2 atom stereocenters. The van der Waals surface area contributed by atoms with E-state index < -0.39 is 0 Å². The minimum Gasteiger partial charge on any atom is -0.497 e. The molecule has 2 aromatic carbocycles. The number of carbonyl (C=O) groups is 2. The number of ether oxygens (including phenoxy) is 2. The molecule has 2 heterocycles. The third-order valence-corrected chi connectivity index (χ3v) is 5.47. The van der Waals surface area contributed by atoms with Crippen molar-refractivity contribution in [2.75, 3.05) is 25.1 Å². The van der Waals surface area contributed by atoms with Gasteiger partial charge in [0.25, 0.3) is 11.8 Å². The van der Waals surface area contributed by atoms with Crippen LogP contribution >= 0.6 is 0 Å². The summed E-state index contributed by atoms with van der Waals surface area (Å²) in [6.07, 6.45) is -0.0654. The average Bonchev–Trinajstić information content (AvgIpc) is 2.98. The maximum Gasteiger partial charge on any atom is 0.282 e. The van der Waals surface area contributed by atoms with Crippen LogP contribution in [-0.2, 0) is 14.3 Å². The van der Waals surface area contributed by atoms with Gasteiger partial charge in [-0.25, -0.2) is 4.90 Å². The molecule has 1 fully saturated rings. The van der Waals surface area contributed by atoms with E-state index in [2.05, 4.69) is 0 Å². The Hall–Kier alpha value is -3.12. The summed E-state index contributed by atoms with van der Waals surface area (Å²) < 4.78 is 11.1. The van der Waals surface area contributed by atoms with E-state index in [1.54, 1.807) is 19.2 Å². The Kier molecular flexibility index (Phi) is 5.35. The van der Waals surface area contributed by atoms with Crippen LogP contribution in [0.15, 0.2) is 54.2 Å². The van der Waals surface area contributed by atoms with Crippen LogP contribution < -0.4 is 9.64 Å². The Morgan fingerprint density at radius 1 is 0.900 bits per heavy atom. The van der Waals surface area contributed by atoms with Crippen molar-refractivity contribution in [3.05, 3.63) is 65.4 Å². The largest absolute Gasteiger partial charge is 0.497 e. The number of amides is 2. The van der Waals surface area contributed by atoms with Gasteiger partial charge >= 0.3 is 0 Å². The number of rotatable bonds is 4. The Balaban J connectivity index is 1.81. The number of hydrogen-bond acceptors (Lipinski definition) is 5. The van der Waals surface area contributed by atoms with Crippen LogP contribution in [0.4, 0.5) is 5.69 Å². The zero-order chi connectivity index (χ0) is 21.4. The number of benzene rings is 2. The Morgan fingerprint density at radius 2 is 1.50 bits per heavy atom. The predicted octanol–water partition coefficient (Wildman–Crippen LogP) is 3.40. The second-order valence-electron chi connectivity index (χ2n) is 7.90. The van der Waals surface area contributed by atoms with E-state index in [0.717, 1.165) is 5.56 Å². The van der Waals surface area contributed by atoms with Crippen LogP contribution in [0, 0.1) is 6.92 Å². The molecule has 2 aliphatic rings. The molecule has 0 spiro atoms. The second kappa shape index (κ2) is 7.95. The first-order chi connectivity index (χ1) is 14.4. The van der Waals surface area contributed by atoms with Gasteiger partial charge in [0.1, 0.15) is 11.4 Å². The van der Waals surface area contributed by atoms with Gasteiger partial charge < -0.3 is 14.4 Å².